The predicted octanol–water partition coefficient (Wildman–Crippen LogP) is 3.55. The van der Waals surface area contributed by atoms with Crippen molar-refractivity contribution in [2.75, 3.05) is 39.0 Å². The van der Waals surface area contributed by atoms with Gasteiger partial charge in [-0.25, -0.2) is 9.97 Å². The molecule has 0 aliphatic carbocycles. The number of likely N-dealkylation sites (tertiary alicyclic amines) is 1. The molecular formula is C26H29F3N6O3. The summed E-state index contributed by atoms with van der Waals surface area (Å²) >= 11 is 0. The van der Waals surface area contributed by atoms with Crippen molar-refractivity contribution in [3.05, 3.63) is 53.0 Å². The summed E-state index contributed by atoms with van der Waals surface area (Å²) in [5.41, 5.74) is 1.10. The van der Waals surface area contributed by atoms with Gasteiger partial charge in [0.15, 0.2) is 0 Å². The number of aromatic nitrogens is 3. The number of esters is 1. The third kappa shape index (κ3) is 4.92. The van der Waals surface area contributed by atoms with Crippen LogP contribution in [0.15, 0.2) is 30.3 Å². The van der Waals surface area contributed by atoms with Crippen LogP contribution in [0.25, 0.3) is 11.0 Å². The van der Waals surface area contributed by atoms with Crippen LogP contribution in [-0.2, 0) is 27.0 Å². The first kappa shape index (κ1) is 26.0. The Morgan fingerprint density at radius 2 is 1.97 bits per heavy atom. The summed E-state index contributed by atoms with van der Waals surface area (Å²) in [7, 11) is 3.42. The molecule has 1 amide bonds. The summed E-state index contributed by atoms with van der Waals surface area (Å²) in [5, 5.41) is 3.90. The Labute approximate surface area is 217 Å². The molecule has 0 spiro atoms. The van der Waals surface area contributed by atoms with E-state index in [1.165, 1.54) is 6.07 Å². The molecule has 1 unspecified atom stereocenters. The van der Waals surface area contributed by atoms with Gasteiger partial charge in [-0.15, -0.1) is 0 Å². The number of carbonyl (C=O) groups excluding carboxylic acids is 2. The van der Waals surface area contributed by atoms with Gasteiger partial charge < -0.3 is 19.5 Å². The molecule has 202 valence electrons. The lowest BCUT2D eigenvalue weighted by Crippen LogP contribution is -2.53. The maximum absolute atomic E-state index is 13.2. The van der Waals surface area contributed by atoms with E-state index in [0.717, 1.165) is 17.8 Å². The van der Waals surface area contributed by atoms with E-state index in [-0.39, 0.29) is 24.3 Å². The van der Waals surface area contributed by atoms with Crippen molar-refractivity contribution < 1.29 is 27.5 Å². The Morgan fingerprint density at radius 1 is 1.24 bits per heavy atom. The minimum absolute atomic E-state index is 0.00393. The Bertz CT molecular complexity index is 1400. The largest absolute Gasteiger partial charge is 0.454 e. The van der Waals surface area contributed by atoms with Crippen LogP contribution < -0.4 is 5.32 Å². The summed E-state index contributed by atoms with van der Waals surface area (Å²) in [6, 6.07) is 6.60. The lowest BCUT2D eigenvalue weighted by atomic mass is 9.90. The third-order valence-electron chi connectivity index (χ3n) is 7.07. The molecule has 2 atom stereocenters. The number of aryl methyl sites for hydroxylation is 1. The first-order valence-electron chi connectivity index (χ1n) is 12.3. The molecule has 1 N–H and O–H groups in total. The van der Waals surface area contributed by atoms with Gasteiger partial charge in [0.2, 0.25) is 5.91 Å². The average Bonchev–Trinajstić information content (AvgIpc) is 3.18. The van der Waals surface area contributed by atoms with Crippen molar-refractivity contribution in [3.8, 4) is 0 Å². The molecule has 2 aromatic heterocycles. The number of halogens is 3. The number of alkyl halides is 3. The first-order valence-corrected chi connectivity index (χ1v) is 12.3. The van der Waals surface area contributed by atoms with E-state index in [1.54, 1.807) is 38.9 Å². The van der Waals surface area contributed by atoms with Gasteiger partial charge in [-0.3, -0.25) is 14.5 Å². The lowest BCUT2D eigenvalue weighted by molar-refractivity contribution is -0.162. The Morgan fingerprint density at radius 3 is 2.66 bits per heavy atom. The highest BCUT2D eigenvalue weighted by Crippen LogP contribution is 2.40. The number of carbonyl (C=O) groups is 2. The molecule has 1 aromatic carbocycles. The van der Waals surface area contributed by atoms with Crippen molar-refractivity contribution in [3.63, 3.8) is 0 Å². The van der Waals surface area contributed by atoms with E-state index in [1.807, 2.05) is 15.5 Å². The normalized spacial score (nSPS) is 19.0. The topological polar surface area (TPSA) is 92.6 Å². The second kappa shape index (κ2) is 9.57. The summed E-state index contributed by atoms with van der Waals surface area (Å²) in [5.74, 6) is 0.592. The molecule has 12 heteroatoms. The van der Waals surface area contributed by atoms with Gasteiger partial charge in [-0.05, 0) is 37.6 Å². The quantitative estimate of drug-likeness (QED) is 0.488. The number of nitrogens with one attached hydrogen (secondary N) is 1. The number of nitrogens with zero attached hydrogens (tertiary/aromatic N) is 5. The van der Waals surface area contributed by atoms with Crippen LogP contribution in [0.2, 0.25) is 0 Å². The minimum atomic E-state index is -4.44. The van der Waals surface area contributed by atoms with Crippen molar-refractivity contribution >= 4 is 28.7 Å². The van der Waals surface area contributed by atoms with Crippen molar-refractivity contribution in [1.82, 2.24) is 24.3 Å². The number of likely N-dealkylation sites (N-methyl/N-ethyl adjacent to an activating group) is 1. The number of benzene rings is 1. The van der Waals surface area contributed by atoms with Crippen molar-refractivity contribution in [2.24, 2.45) is 5.92 Å². The highest BCUT2D eigenvalue weighted by molar-refractivity contribution is 5.90. The van der Waals surface area contributed by atoms with Crippen LogP contribution in [-0.4, -0.2) is 69.9 Å². The average molecular weight is 531 g/mol. The molecule has 1 saturated heterocycles. The number of hydrogen-bond donors (Lipinski definition) is 1. The summed E-state index contributed by atoms with van der Waals surface area (Å²) in [4.78, 5) is 37.3. The number of amides is 1. The molecule has 0 bridgehead atoms. The van der Waals surface area contributed by atoms with E-state index < -0.39 is 23.9 Å². The number of rotatable bonds is 6. The molecule has 0 radical (unpaired) electrons. The van der Waals surface area contributed by atoms with E-state index in [4.69, 9.17) is 4.74 Å². The van der Waals surface area contributed by atoms with Gasteiger partial charge in [-0.1, -0.05) is 12.1 Å². The zero-order valence-corrected chi connectivity index (χ0v) is 21.5. The van der Waals surface area contributed by atoms with Crippen LogP contribution >= 0.6 is 0 Å². The van der Waals surface area contributed by atoms with Crippen LogP contribution in [0.3, 0.4) is 0 Å². The SMILES string of the molecule is Cc1nc(N[C@H](C)c2cccc(C(F)(F)F)c2)c2cc3n(c2n1)CC(=O)OC3C1CN(CC(=O)N(C)C)C1. The first-order chi connectivity index (χ1) is 17.9. The number of hydrogen-bond acceptors (Lipinski definition) is 7. The van der Waals surface area contributed by atoms with Crippen LogP contribution in [0.5, 0.6) is 0 Å². The molecule has 2 aliphatic rings. The lowest BCUT2D eigenvalue weighted by Gasteiger charge is -2.43. The molecule has 0 saturated carbocycles. The molecule has 38 heavy (non-hydrogen) atoms. The number of anilines is 1. The van der Waals surface area contributed by atoms with E-state index >= 15 is 0 Å². The van der Waals surface area contributed by atoms with Gasteiger partial charge in [-0.2, -0.15) is 13.2 Å². The Balaban J connectivity index is 1.43. The molecule has 1 fully saturated rings. The third-order valence-corrected chi connectivity index (χ3v) is 7.07. The molecular weight excluding hydrogens is 501 g/mol. The van der Waals surface area contributed by atoms with Gasteiger partial charge in [0.05, 0.1) is 23.2 Å². The smallest absolute Gasteiger partial charge is 0.416 e. The predicted molar refractivity (Wildman–Crippen MR) is 133 cm³/mol. The Hall–Kier alpha value is -3.67. The molecule has 9 nitrogen and oxygen atoms in total. The monoisotopic (exact) mass is 530 g/mol. The van der Waals surface area contributed by atoms with Gasteiger partial charge in [0, 0.05) is 39.1 Å². The highest BCUT2D eigenvalue weighted by Gasteiger charge is 2.42. The van der Waals surface area contributed by atoms with Crippen molar-refractivity contribution in [2.45, 2.75) is 38.7 Å². The zero-order valence-electron chi connectivity index (χ0n) is 21.5. The highest BCUT2D eigenvalue weighted by atomic mass is 19.4. The van der Waals surface area contributed by atoms with E-state index in [2.05, 4.69) is 15.3 Å². The molecule has 4 heterocycles. The minimum Gasteiger partial charge on any atom is -0.454 e. The summed E-state index contributed by atoms with van der Waals surface area (Å²) in [6.45, 7) is 5.03. The zero-order chi connectivity index (χ0) is 27.4. The number of cyclic esters (lactones) is 1. The standard InChI is InChI=1S/C26H29F3N6O3/c1-14(16-6-5-7-18(8-16)26(27,28)29)30-24-19-9-20-23(17-10-34(11-17)12-21(36)33(3)4)38-22(37)13-35(20)25(19)32-15(2)31-24/h5-9,14,17,23H,10-13H2,1-4H3,(H,30,31,32)/t14-,23?/m1/s1. The number of ether oxygens (including phenoxy) is 1. The second-order valence-corrected chi connectivity index (χ2v) is 10.2. The van der Waals surface area contributed by atoms with Crippen molar-refractivity contribution in [1.29, 1.82) is 0 Å². The van der Waals surface area contributed by atoms with Crippen LogP contribution in [0, 0.1) is 12.8 Å². The molecule has 5 rings (SSSR count). The summed E-state index contributed by atoms with van der Waals surface area (Å²) < 4.78 is 47.3. The maximum Gasteiger partial charge on any atom is 0.416 e. The van der Waals surface area contributed by atoms with Crippen LogP contribution in [0.4, 0.5) is 19.0 Å². The van der Waals surface area contributed by atoms with E-state index in [9.17, 15) is 22.8 Å². The summed E-state index contributed by atoms with van der Waals surface area (Å²) in [6.07, 6.45) is -4.93. The molecule has 2 aliphatic heterocycles. The second-order valence-electron chi connectivity index (χ2n) is 10.2. The van der Waals surface area contributed by atoms with Gasteiger partial charge in [0.25, 0.3) is 0 Å². The Kier molecular flexibility index (Phi) is 6.54. The van der Waals surface area contributed by atoms with Gasteiger partial charge in [0.1, 0.15) is 29.9 Å². The van der Waals surface area contributed by atoms with E-state index in [0.29, 0.717) is 47.9 Å². The maximum atomic E-state index is 13.2. The fourth-order valence-corrected chi connectivity index (χ4v) is 5.01. The fourth-order valence-electron chi connectivity index (χ4n) is 5.01. The van der Waals surface area contributed by atoms with Gasteiger partial charge >= 0.3 is 12.1 Å². The fraction of sp³-hybridized carbons (Fsp3) is 0.462. The van der Waals surface area contributed by atoms with Crippen LogP contribution in [0.1, 0.15) is 41.7 Å². The molecule has 3 aromatic rings. The number of fused-ring (bicyclic) bond motifs is 3.